The van der Waals surface area contributed by atoms with Gasteiger partial charge in [-0.1, -0.05) is 51.1 Å². The van der Waals surface area contributed by atoms with Crippen molar-refractivity contribution in [3.8, 4) is 0 Å². The van der Waals surface area contributed by atoms with Crippen LogP contribution >= 0.6 is 0 Å². The van der Waals surface area contributed by atoms with E-state index in [-0.39, 0.29) is 5.41 Å². The van der Waals surface area contributed by atoms with Gasteiger partial charge in [0.05, 0.1) is 13.7 Å². The lowest BCUT2D eigenvalue weighted by Crippen LogP contribution is -2.17. The number of hydrogen-bond acceptors (Lipinski definition) is 2. The summed E-state index contributed by atoms with van der Waals surface area (Å²) in [5, 5.41) is 0. The van der Waals surface area contributed by atoms with Crippen LogP contribution in [-0.2, 0) is 9.47 Å². The van der Waals surface area contributed by atoms with Crippen LogP contribution in [0, 0.1) is 5.41 Å². The molecular formula is C15H22O2. The van der Waals surface area contributed by atoms with Crippen molar-refractivity contribution in [1.29, 1.82) is 0 Å². The Hall–Kier alpha value is -1.28. The second-order valence-corrected chi connectivity index (χ2v) is 5.06. The van der Waals surface area contributed by atoms with Crippen LogP contribution in [0.25, 0.3) is 5.76 Å². The van der Waals surface area contributed by atoms with Crippen LogP contribution < -0.4 is 0 Å². The first-order valence-corrected chi connectivity index (χ1v) is 5.82. The molecule has 0 saturated heterocycles. The van der Waals surface area contributed by atoms with Gasteiger partial charge in [-0.05, 0) is 5.41 Å². The summed E-state index contributed by atoms with van der Waals surface area (Å²) in [5.74, 6) is 0.917. The molecule has 0 spiro atoms. The summed E-state index contributed by atoms with van der Waals surface area (Å²) >= 11 is 0. The Labute approximate surface area is 104 Å². The second kappa shape index (κ2) is 5.87. The van der Waals surface area contributed by atoms with Crippen molar-refractivity contribution in [2.45, 2.75) is 20.8 Å². The molecule has 2 nitrogen and oxygen atoms in total. The Balaban J connectivity index is 3.27. The third-order valence-corrected chi connectivity index (χ3v) is 2.71. The average molecular weight is 234 g/mol. The maximum atomic E-state index is 5.58. The van der Waals surface area contributed by atoms with Crippen LogP contribution in [0.15, 0.2) is 35.9 Å². The van der Waals surface area contributed by atoms with E-state index in [1.54, 1.807) is 14.2 Å². The Morgan fingerprint density at radius 1 is 1.06 bits per heavy atom. The minimum atomic E-state index is 0.0250. The lowest BCUT2D eigenvalue weighted by molar-refractivity contribution is 0.203. The Morgan fingerprint density at radius 2 is 1.65 bits per heavy atom. The van der Waals surface area contributed by atoms with Crippen LogP contribution in [0.3, 0.4) is 0 Å². The lowest BCUT2D eigenvalue weighted by atomic mass is 9.84. The van der Waals surface area contributed by atoms with Crippen LogP contribution in [0.4, 0.5) is 0 Å². The van der Waals surface area contributed by atoms with E-state index in [2.05, 4.69) is 32.9 Å². The van der Waals surface area contributed by atoms with E-state index in [0.717, 1.165) is 11.3 Å². The molecule has 1 aromatic carbocycles. The predicted octanol–water partition coefficient (Wildman–Crippen LogP) is 3.74. The van der Waals surface area contributed by atoms with Crippen molar-refractivity contribution in [2.24, 2.45) is 5.41 Å². The van der Waals surface area contributed by atoms with E-state index < -0.39 is 0 Å². The van der Waals surface area contributed by atoms with Gasteiger partial charge >= 0.3 is 0 Å². The van der Waals surface area contributed by atoms with Gasteiger partial charge in [0, 0.05) is 18.2 Å². The monoisotopic (exact) mass is 234 g/mol. The molecule has 0 amide bonds. The highest BCUT2D eigenvalue weighted by Gasteiger charge is 2.22. The molecule has 0 aliphatic carbocycles. The standard InChI is InChI=1S/C15H22O2/c1-15(2,3)13(11-16-4)14(17-5)12-9-7-6-8-10-12/h6-10H,11H2,1-5H3/b14-13-. The smallest absolute Gasteiger partial charge is 0.128 e. The maximum absolute atomic E-state index is 5.58. The highest BCUT2D eigenvalue weighted by Crippen LogP contribution is 2.32. The predicted molar refractivity (Wildman–Crippen MR) is 71.7 cm³/mol. The lowest BCUT2D eigenvalue weighted by Gasteiger charge is -2.25. The summed E-state index contributed by atoms with van der Waals surface area (Å²) in [6, 6.07) is 10.1. The molecule has 1 rings (SSSR count). The normalized spacial score (nSPS) is 13.2. The van der Waals surface area contributed by atoms with Crippen molar-refractivity contribution >= 4 is 5.76 Å². The molecule has 0 aromatic heterocycles. The van der Waals surface area contributed by atoms with Crippen molar-refractivity contribution < 1.29 is 9.47 Å². The molecule has 1 aromatic rings. The summed E-state index contributed by atoms with van der Waals surface area (Å²) < 4.78 is 10.9. The van der Waals surface area contributed by atoms with Crippen molar-refractivity contribution in [2.75, 3.05) is 20.8 Å². The molecule has 0 aliphatic rings. The minimum absolute atomic E-state index is 0.0250. The number of methoxy groups -OCH3 is 2. The van der Waals surface area contributed by atoms with Crippen molar-refractivity contribution in [3.63, 3.8) is 0 Å². The van der Waals surface area contributed by atoms with Gasteiger partial charge in [0.2, 0.25) is 0 Å². The van der Waals surface area contributed by atoms with Gasteiger partial charge in [0.1, 0.15) is 5.76 Å². The van der Waals surface area contributed by atoms with Gasteiger partial charge in [0.15, 0.2) is 0 Å². The molecule has 0 bridgehead atoms. The summed E-state index contributed by atoms with van der Waals surface area (Å²) in [4.78, 5) is 0. The summed E-state index contributed by atoms with van der Waals surface area (Å²) in [7, 11) is 3.42. The SMILES string of the molecule is COC/C(=C(/OC)c1ccccc1)C(C)(C)C. The molecule has 0 saturated carbocycles. The fourth-order valence-corrected chi connectivity index (χ4v) is 1.77. The van der Waals surface area contributed by atoms with Crippen molar-refractivity contribution in [3.05, 3.63) is 41.5 Å². The molecular weight excluding hydrogens is 212 g/mol. The molecule has 0 aliphatic heterocycles. The Bertz CT molecular complexity index is 372. The van der Waals surface area contributed by atoms with Crippen LogP contribution in [0.1, 0.15) is 26.3 Å². The second-order valence-electron chi connectivity index (χ2n) is 5.06. The minimum Gasteiger partial charge on any atom is -0.496 e. The maximum Gasteiger partial charge on any atom is 0.128 e. The number of hydrogen-bond donors (Lipinski definition) is 0. The van der Waals surface area contributed by atoms with Crippen LogP contribution in [0.5, 0.6) is 0 Å². The summed E-state index contributed by atoms with van der Waals surface area (Å²) in [5.41, 5.74) is 2.29. The first-order valence-electron chi connectivity index (χ1n) is 5.82. The third kappa shape index (κ3) is 3.60. The first-order chi connectivity index (χ1) is 8.00. The topological polar surface area (TPSA) is 18.5 Å². The molecule has 0 radical (unpaired) electrons. The van der Waals surface area contributed by atoms with Crippen LogP contribution in [0.2, 0.25) is 0 Å². The van der Waals surface area contributed by atoms with Crippen LogP contribution in [-0.4, -0.2) is 20.8 Å². The van der Waals surface area contributed by atoms with Gasteiger partial charge < -0.3 is 9.47 Å². The molecule has 2 heteroatoms. The zero-order valence-corrected chi connectivity index (χ0v) is 11.4. The first kappa shape index (κ1) is 13.8. The highest BCUT2D eigenvalue weighted by molar-refractivity contribution is 5.64. The van der Waals surface area contributed by atoms with E-state index in [9.17, 15) is 0 Å². The average Bonchev–Trinajstić information content (AvgIpc) is 2.29. The van der Waals surface area contributed by atoms with E-state index in [0.29, 0.717) is 6.61 Å². The fourth-order valence-electron chi connectivity index (χ4n) is 1.77. The van der Waals surface area contributed by atoms with Crippen molar-refractivity contribution in [1.82, 2.24) is 0 Å². The molecule has 0 fully saturated rings. The Morgan fingerprint density at radius 3 is 2.06 bits per heavy atom. The highest BCUT2D eigenvalue weighted by atomic mass is 16.5. The van der Waals surface area contributed by atoms with Gasteiger partial charge in [-0.15, -0.1) is 0 Å². The number of benzene rings is 1. The van der Waals surface area contributed by atoms with Gasteiger partial charge in [0.25, 0.3) is 0 Å². The number of rotatable bonds is 4. The zero-order valence-electron chi connectivity index (χ0n) is 11.4. The van der Waals surface area contributed by atoms with E-state index >= 15 is 0 Å². The largest absolute Gasteiger partial charge is 0.496 e. The molecule has 94 valence electrons. The molecule has 0 atom stereocenters. The zero-order chi connectivity index (χ0) is 12.9. The molecule has 0 unspecified atom stereocenters. The molecule has 17 heavy (non-hydrogen) atoms. The van der Waals surface area contributed by atoms with Gasteiger partial charge in [-0.2, -0.15) is 0 Å². The van der Waals surface area contributed by atoms with E-state index in [1.807, 2.05) is 18.2 Å². The molecule has 0 heterocycles. The fraction of sp³-hybridized carbons (Fsp3) is 0.467. The summed E-state index contributed by atoms with van der Waals surface area (Å²) in [6.45, 7) is 7.09. The van der Waals surface area contributed by atoms with E-state index in [1.165, 1.54) is 5.57 Å². The third-order valence-electron chi connectivity index (χ3n) is 2.71. The van der Waals surface area contributed by atoms with E-state index in [4.69, 9.17) is 9.47 Å². The number of ether oxygens (including phenoxy) is 2. The summed E-state index contributed by atoms with van der Waals surface area (Å²) in [6.07, 6.45) is 0. The quantitative estimate of drug-likeness (QED) is 0.739. The van der Waals surface area contributed by atoms with Gasteiger partial charge in [-0.25, -0.2) is 0 Å². The Kier molecular flexibility index (Phi) is 4.76. The van der Waals surface area contributed by atoms with Gasteiger partial charge in [-0.3, -0.25) is 0 Å². The molecule has 0 N–H and O–H groups in total.